The summed E-state index contributed by atoms with van der Waals surface area (Å²) in [6.07, 6.45) is 8.51. The molecule has 0 fully saturated rings. The van der Waals surface area contributed by atoms with Crippen LogP contribution >= 0.6 is 0 Å². The van der Waals surface area contributed by atoms with E-state index in [1.54, 1.807) is 24.3 Å². The maximum absolute atomic E-state index is 11.5. The summed E-state index contributed by atoms with van der Waals surface area (Å²) < 4.78 is 0. The van der Waals surface area contributed by atoms with E-state index in [4.69, 9.17) is 6.42 Å². The third-order valence-electron chi connectivity index (χ3n) is 1.90. The summed E-state index contributed by atoms with van der Waals surface area (Å²) in [6, 6.07) is 0. The average Bonchev–Trinajstić information content (AvgIpc) is 2.70. The van der Waals surface area contributed by atoms with Gasteiger partial charge in [-0.15, -0.1) is 6.42 Å². The first-order valence-electron chi connectivity index (χ1n) is 4.60. The van der Waals surface area contributed by atoms with E-state index in [0.29, 0.717) is 13.1 Å². The molecule has 2 N–H and O–H groups in total. The number of nitrogens with zero attached hydrogens (tertiary/aromatic N) is 2. The average molecular weight is 206 g/mol. The zero-order chi connectivity index (χ0) is 11.1. The SMILES string of the molecule is C#CCNCC(=O)N(C)Cc1cn[nH]c1. The van der Waals surface area contributed by atoms with Gasteiger partial charge in [0.15, 0.2) is 0 Å². The van der Waals surface area contributed by atoms with Crippen LogP contribution in [0.15, 0.2) is 12.4 Å². The van der Waals surface area contributed by atoms with Crippen molar-refractivity contribution in [2.75, 3.05) is 20.1 Å². The van der Waals surface area contributed by atoms with E-state index in [1.165, 1.54) is 0 Å². The van der Waals surface area contributed by atoms with Crippen LogP contribution in [0.25, 0.3) is 0 Å². The van der Waals surface area contributed by atoms with E-state index in [2.05, 4.69) is 21.4 Å². The zero-order valence-electron chi connectivity index (χ0n) is 8.66. The van der Waals surface area contributed by atoms with Crippen molar-refractivity contribution in [3.63, 3.8) is 0 Å². The minimum Gasteiger partial charge on any atom is -0.340 e. The summed E-state index contributed by atoms with van der Waals surface area (Å²) >= 11 is 0. The predicted octanol–water partition coefficient (Wildman–Crippen LogP) is -0.409. The Morgan fingerprint density at radius 1 is 1.80 bits per heavy atom. The molecule has 0 atom stereocenters. The standard InChI is InChI=1S/C10H14N4O/c1-3-4-11-7-10(15)14(2)8-9-5-12-13-6-9/h1,5-6,11H,4,7-8H2,2H3,(H,12,13). The molecule has 1 heterocycles. The fourth-order valence-electron chi connectivity index (χ4n) is 1.10. The van der Waals surface area contributed by atoms with Gasteiger partial charge < -0.3 is 4.90 Å². The van der Waals surface area contributed by atoms with Crippen LogP contribution in [0, 0.1) is 12.3 Å². The fourth-order valence-corrected chi connectivity index (χ4v) is 1.10. The molecule has 0 aliphatic rings. The Kier molecular flexibility index (Phi) is 4.38. The van der Waals surface area contributed by atoms with Gasteiger partial charge in [0, 0.05) is 25.4 Å². The van der Waals surface area contributed by atoms with Crippen molar-refractivity contribution in [2.24, 2.45) is 0 Å². The molecule has 0 spiro atoms. The van der Waals surface area contributed by atoms with Crippen molar-refractivity contribution in [1.82, 2.24) is 20.4 Å². The van der Waals surface area contributed by atoms with E-state index < -0.39 is 0 Å². The molecule has 0 bridgehead atoms. The number of carbonyl (C=O) groups is 1. The monoisotopic (exact) mass is 206 g/mol. The van der Waals surface area contributed by atoms with Gasteiger partial charge in [0.1, 0.15) is 0 Å². The summed E-state index contributed by atoms with van der Waals surface area (Å²) in [4.78, 5) is 13.1. The molecule has 80 valence electrons. The lowest BCUT2D eigenvalue weighted by Crippen LogP contribution is -2.35. The normalized spacial score (nSPS) is 9.60. The summed E-state index contributed by atoms with van der Waals surface area (Å²) in [5.41, 5.74) is 0.975. The van der Waals surface area contributed by atoms with Crippen molar-refractivity contribution in [2.45, 2.75) is 6.54 Å². The van der Waals surface area contributed by atoms with Gasteiger partial charge in [-0.2, -0.15) is 5.10 Å². The number of terminal acetylenes is 1. The molecule has 1 rings (SSSR count). The molecule has 15 heavy (non-hydrogen) atoms. The van der Waals surface area contributed by atoms with Gasteiger partial charge in [0.25, 0.3) is 0 Å². The Morgan fingerprint density at radius 3 is 3.20 bits per heavy atom. The van der Waals surface area contributed by atoms with Crippen molar-refractivity contribution in [1.29, 1.82) is 0 Å². The molecule has 0 aromatic carbocycles. The fraction of sp³-hybridized carbons (Fsp3) is 0.400. The number of carbonyl (C=O) groups excluding carboxylic acids is 1. The van der Waals surface area contributed by atoms with Crippen LogP contribution in [-0.4, -0.2) is 41.1 Å². The minimum absolute atomic E-state index is 0.00597. The molecule has 1 aromatic heterocycles. The maximum atomic E-state index is 11.5. The molecular weight excluding hydrogens is 192 g/mol. The highest BCUT2D eigenvalue weighted by Gasteiger charge is 2.08. The summed E-state index contributed by atoms with van der Waals surface area (Å²) in [5.74, 6) is 2.42. The van der Waals surface area contributed by atoms with Gasteiger partial charge in [-0.25, -0.2) is 0 Å². The second kappa shape index (κ2) is 5.83. The number of amides is 1. The van der Waals surface area contributed by atoms with Crippen LogP contribution in [0.4, 0.5) is 0 Å². The van der Waals surface area contributed by atoms with Gasteiger partial charge in [0.2, 0.25) is 5.91 Å². The lowest BCUT2D eigenvalue weighted by atomic mass is 10.3. The highest BCUT2D eigenvalue weighted by Crippen LogP contribution is 1.98. The molecule has 1 amide bonds. The molecule has 0 radical (unpaired) electrons. The third kappa shape index (κ3) is 3.83. The van der Waals surface area contributed by atoms with E-state index in [0.717, 1.165) is 5.56 Å². The van der Waals surface area contributed by atoms with Gasteiger partial charge in [0.05, 0.1) is 19.3 Å². The summed E-state index contributed by atoms with van der Waals surface area (Å²) in [6.45, 7) is 1.22. The molecule has 5 nitrogen and oxygen atoms in total. The number of hydrogen-bond acceptors (Lipinski definition) is 3. The van der Waals surface area contributed by atoms with Crippen molar-refractivity contribution in [3.8, 4) is 12.3 Å². The first-order valence-corrected chi connectivity index (χ1v) is 4.60. The van der Waals surface area contributed by atoms with E-state index in [-0.39, 0.29) is 12.5 Å². The second-order valence-electron chi connectivity index (χ2n) is 3.16. The summed E-state index contributed by atoms with van der Waals surface area (Å²) in [7, 11) is 1.74. The Bertz CT molecular complexity index is 339. The first-order chi connectivity index (χ1) is 7.24. The van der Waals surface area contributed by atoms with Crippen LogP contribution < -0.4 is 5.32 Å². The molecule has 0 unspecified atom stereocenters. The van der Waals surface area contributed by atoms with Gasteiger partial charge in [-0.05, 0) is 0 Å². The maximum Gasteiger partial charge on any atom is 0.236 e. The lowest BCUT2D eigenvalue weighted by Gasteiger charge is -2.15. The largest absolute Gasteiger partial charge is 0.340 e. The van der Waals surface area contributed by atoms with Crippen LogP contribution in [0.1, 0.15) is 5.56 Å². The third-order valence-corrected chi connectivity index (χ3v) is 1.90. The molecule has 5 heteroatoms. The predicted molar refractivity (Wildman–Crippen MR) is 56.8 cm³/mol. The van der Waals surface area contributed by atoms with Crippen LogP contribution in [0.3, 0.4) is 0 Å². The zero-order valence-corrected chi connectivity index (χ0v) is 8.66. The number of nitrogens with one attached hydrogen (secondary N) is 2. The Morgan fingerprint density at radius 2 is 2.60 bits per heavy atom. The Labute approximate surface area is 88.9 Å². The number of hydrogen-bond donors (Lipinski definition) is 2. The van der Waals surface area contributed by atoms with Crippen molar-refractivity contribution < 1.29 is 4.79 Å². The van der Waals surface area contributed by atoms with Crippen molar-refractivity contribution >= 4 is 5.91 Å². The van der Waals surface area contributed by atoms with Gasteiger partial charge in [-0.3, -0.25) is 15.2 Å². The molecule has 0 aliphatic heterocycles. The Balaban J connectivity index is 2.31. The van der Waals surface area contributed by atoms with Crippen LogP contribution in [-0.2, 0) is 11.3 Å². The molecular formula is C10H14N4O. The van der Waals surface area contributed by atoms with E-state index in [1.807, 2.05) is 0 Å². The summed E-state index contributed by atoms with van der Waals surface area (Å²) in [5, 5.41) is 9.35. The topological polar surface area (TPSA) is 61.0 Å². The number of aromatic nitrogens is 2. The second-order valence-corrected chi connectivity index (χ2v) is 3.16. The molecule has 1 aromatic rings. The number of likely N-dealkylation sites (N-methyl/N-ethyl adjacent to an activating group) is 1. The minimum atomic E-state index is 0.00597. The van der Waals surface area contributed by atoms with Crippen molar-refractivity contribution in [3.05, 3.63) is 18.0 Å². The smallest absolute Gasteiger partial charge is 0.236 e. The molecule has 0 aliphatic carbocycles. The quantitative estimate of drug-likeness (QED) is 0.508. The van der Waals surface area contributed by atoms with Gasteiger partial charge >= 0.3 is 0 Å². The highest BCUT2D eigenvalue weighted by molar-refractivity contribution is 5.77. The lowest BCUT2D eigenvalue weighted by molar-refractivity contribution is -0.129. The van der Waals surface area contributed by atoms with E-state index in [9.17, 15) is 4.79 Å². The molecule has 0 saturated carbocycles. The molecule has 0 saturated heterocycles. The van der Waals surface area contributed by atoms with Crippen LogP contribution in [0.2, 0.25) is 0 Å². The Hall–Kier alpha value is -1.80. The van der Waals surface area contributed by atoms with Crippen LogP contribution in [0.5, 0.6) is 0 Å². The number of aromatic amines is 1. The van der Waals surface area contributed by atoms with E-state index >= 15 is 0 Å². The highest BCUT2D eigenvalue weighted by atomic mass is 16.2. The number of H-pyrrole nitrogens is 1. The first kappa shape index (κ1) is 11.3. The van der Waals surface area contributed by atoms with Gasteiger partial charge in [-0.1, -0.05) is 5.92 Å². The number of rotatable bonds is 5.